The minimum absolute atomic E-state index is 0.0303. The predicted molar refractivity (Wildman–Crippen MR) is 179 cm³/mol. The second kappa shape index (κ2) is 8.57. The molecular formula is C41H25N3. The van der Waals surface area contributed by atoms with Crippen molar-refractivity contribution in [1.29, 1.82) is 10.5 Å². The summed E-state index contributed by atoms with van der Waals surface area (Å²) in [6.07, 6.45) is 0. The molecule has 1 aliphatic carbocycles. The number of fused-ring (bicyclic) bond motifs is 9. The number of hydrogen-bond acceptors (Lipinski definition) is 2. The van der Waals surface area contributed by atoms with Crippen molar-refractivity contribution in [1.82, 2.24) is 4.40 Å². The summed E-state index contributed by atoms with van der Waals surface area (Å²) < 4.78 is 2.22. The highest BCUT2D eigenvalue weighted by Gasteiger charge is 2.35. The summed E-state index contributed by atoms with van der Waals surface area (Å²) in [5, 5.41) is 23.8. The SMILES string of the molecule is CC1(C)c2ccccc2-c2ccc(-c3ccc(-c4cc5c6ccc(C#N)cc6n6c7cc(C#N)ccc7c(c4)c56)cc3)cc21. The van der Waals surface area contributed by atoms with Gasteiger partial charge in [0.25, 0.3) is 0 Å². The molecule has 0 radical (unpaired) electrons. The fraction of sp³-hybridized carbons (Fsp3) is 0.0732. The van der Waals surface area contributed by atoms with Crippen LogP contribution in [0.15, 0.2) is 115 Å². The summed E-state index contributed by atoms with van der Waals surface area (Å²) in [4.78, 5) is 0. The van der Waals surface area contributed by atoms with E-state index in [9.17, 15) is 10.5 Å². The van der Waals surface area contributed by atoms with Crippen molar-refractivity contribution in [3.05, 3.63) is 138 Å². The Hall–Kier alpha value is -5.90. The molecule has 0 fully saturated rings. The normalized spacial score (nSPS) is 13.4. The first-order valence-corrected chi connectivity index (χ1v) is 14.9. The van der Waals surface area contributed by atoms with E-state index in [4.69, 9.17) is 0 Å². The van der Waals surface area contributed by atoms with Gasteiger partial charge in [0, 0.05) is 27.0 Å². The zero-order chi connectivity index (χ0) is 29.7. The van der Waals surface area contributed by atoms with Gasteiger partial charge in [0.1, 0.15) is 0 Å². The first kappa shape index (κ1) is 24.7. The van der Waals surface area contributed by atoms with Crippen LogP contribution in [0.5, 0.6) is 0 Å². The molecule has 8 aromatic rings. The lowest BCUT2D eigenvalue weighted by Crippen LogP contribution is -2.14. The number of benzene rings is 6. The van der Waals surface area contributed by atoms with Gasteiger partial charge in [0.05, 0.1) is 39.8 Å². The van der Waals surface area contributed by atoms with E-state index in [-0.39, 0.29) is 5.41 Å². The van der Waals surface area contributed by atoms with E-state index in [0.717, 1.165) is 49.2 Å². The molecule has 1 aliphatic rings. The minimum Gasteiger partial charge on any atom is -0.308 e. The molecule has 44 heavy (non-hydrogen) atoms. The molecule has 6 aromatic carbocycles. The summed E-state index contributed by atoms with van der Waals surface area (Å²) in [5.41, 5.74) is 14.5. The summed E-state index contributed by atoms with van der Waals surface area (Å²) in [6, 6.07) is 45.5. The second-order valence-corrected chi connectivity index (χ2v) is 12.5. The highest BCUT2D eigenvalue weighted by Crippen LogP contribution is 2.49. The molecule has 0 N–H and O–H groups in total. The predicted octanol–water partition coefficient (Wildman–Crippen LogP) is 10.2. The average Bonchev–Trinajstić information content (AvgIpc) is 3.66. The average molecular weight is 560 g/mol. The third kappa shape index (κ3) is 3.19. The molecule has 2 heterocycles. The van der Waals surface area contributed by atoms with E-state index in [1.54, 1.807) is 0 Å². The summed E-state index contributed by atoms with van der Waals surface area (Å²) in [7, 11) is 0. The molecule has 0 saturated heterocycles. The van der Waals surface area contributed by atoms with Crippen LogP contribution in [-0.4, -0.2) is 4.40 Å². The molecule has 9 rings (SSSR count). The van der Waals surface area contributed by atoms with E-state index in [0.29, 0.717) is 11.1 Å². The number of hydrogen-bond donors (Lipinski definition) is 0. The van der Waals surface area contributed by atoms with Gasteiger partial charge in [-0.25, -0.2) is 0 Å². The Balaban J connectivity index is 1.20. The second-order valence-electron chi connectivity index (χ2n) is 12.5. The first-order chi connectivity index (χ1) is 21.5. The third-order valence-electron chi connectivity index (χ3n) is 9.78. The number of nitriles is 2. The Morgan fingerprint density at radius 3 is 1.66 bits per heavy atom. The Labute approximate surface area is 254 Å². The van der Waals surface area contributed by atoms with Gasteiger partial charge in [0.2, 0.25) is 0 Å². The van der Waals surface area contributed by atoms with Gasteiger partial charge in [-0.15, -0.1) is 0 Å². The van der Waals surface area contributed by atoms with Gasteiger partial charge >= 0.3 is 0 Å². The van der Waals surface area contributed by atoms with Crippen LogP contribution >= 0.6 is 0 Å². The zero-order valence-electron chi connectivity index (χ0n) is 24.3. The smallest absolute Gasteiger partial charge is 0.0992 e. The lowest BCUT2D eigenvalue weighted by Gasteiger charge is -2.22. The Morgan fingerprint density at radius 1 is 0.500 bits per heavy atom. The largest absolute Gasteiger partial charge is 0.308 e. The monoisotopic (exact) mass is 559 g/mol. The third-order valence-corrected chi connectivity index (χ3v) is 9.78. The molecule has 3 heteroatoms. The maximum Gasteiger partial charge on any atom is 0.0992 e. The van der Waals surface area contributed by atoms with Crippen molar-refractivity contribution in [3.63, 3.8) is 0 Å². The van der Waals surface area contributed by atoms with Gasteiger partial charge in [-0.2, -0.15) is 10.5 Å². The molecule has 0 unspecified atom stereocenters. The standard InChI is InChI=1S/C41H25N3/c1-41(2)36-6-4-3-5-30(36)31-16-13-28(21-37(31)41)26-9-11-27(12-10-26)29-19-34-32-14-7-24(22-42)17-38(32)44-39-18-25(23-43)8-15-33(39)35(20-29)40(34)44/h3-21H,1-2H3. The number of nitrogens with zero attached hydrogens (tertiary/aromatic N) is 3. The molecule has 0 bridgehead atoms. The van der Waals surface area contributed by atoms with E-state index in [1.807, 2.05) is 24.3 Å². The number of aromatic nitrogens is 1. The van der Waals surface area contributed by atoms with Crippen LogP contribution in [0.4, 0.5) is 0 Å². The van der Waals surface area contributed by atoms with E-state index < -0.39 is 0 Å². The van der Waals surface area contributed by atoms with Crippen molar-refractivity contribution in [2.45, 2.75) is 19.3 Å². The van der Waals surface area contributed by atoms with Crippen molar-refractivity contribution in [3.8, 4) is 45.5 Å². The van der Waals surface area contributed by atoms with Crippen molar-refractivity contribution in [2.24, 2.45) is 0 Å². The van der Waals surface area contributed by atoms with Crippen LogP contribution in [0.2, 0.25) is 0 Å². The maximum absolute atomic E-state index is 9.63. The van der Waals surface area contributed by atoms with Crippen LogP contribution in [0.3, 0.4) is 0 Å². The van der Waals surface area contributed by atoms with Gasteiger partial charge in [-0.3, -0.25) is 0 Å². The van der Waals surface area contributed by atoms with Crippen molar-refractivity contribution in [2.75, 3.05) is 0 Å². The molecule has 204 valence electrons. The molecule has 0 spiro atoms. The lowest BCUT2D eigenvalue weighted by atomic mass is 9.81. The molecular weight excluding hydrogens is 534 g/mol. The fourth-order valence-electron chi connectivity index (χ4n) is 7.59. The van der Waals surface area contributed by atoms with Crippen LogP contribution in [0, 0.1) is 22.7 Å². The molecule has 0 saturated carbocycles. The first-order valence-electron chi connectivity index (χ1n) is 14.9. The van der Waals surface area contributed by atoms with Crippen LogP contribution in [0.1, 0.15) is 36.1 Å². The molecule has 0 aliphatic heterocycles. The van der Waals surface area contributed by atoms with Crippen LogP contribution in [0.25, 0.3) is 71.5 Å². The van der Waals surface area contributed by atoms with Gasteiger partial charge in [0.15, 0.2) is 0 Å². The molecule has 0 atom stereocenters. The maximum atomic E-state index is 9.63. The van der Waals surface area contributed by atoms with Crippen molar-refractivity contribution < 1.29 is 0 Å². The van der Waals surface area contributed by atoms with Crippen LogP contribution < -0.4 is 0 Å². The fourth-order valence-corrected chi connectivity index (χ4v) is 7.59. The summed E-state index contributed by atoms with van der Waals surface area (Å²) in [6.45, 7) is 4.64. The molecule has 3 nitrogen and oxygen atoms in total. The highest BCUT2D eigenvalue weighted by molar-refractivity contribution is 6.24. The molecule has 0 amide bonds. The van der Waals surface area contributed by atoms with Crippen LogP contribution in [-0.2, 0) is 5.41 Å². The molecule has 2 aromatic heterocycles. The van der Waals surface area contributed by atoms with Crippen molar-refractivity contribution >= 4 is 38.1 Å². The van der Waals surface area contributed by atoms with Gasteiger partial charge in [-0.1, -0.05) is 86.6 Å². The quantitative estimate of drug-likeness (QED) is 0.212. The van der Waals surface area contributed by atoms with E-state index in [2.05, 4.69) is 121 Å². The van der Waals surface area contributed by atoms with E-state index >= 15 is 0 Å². The zero-order valence-corrected chi connectivity index (χ0v) is 24.3. The lowest BCUT2D eigenvalue weighted by molar-refractivity contribution is 0.660. The minimum atomic E-state index is -0.0303. The van der Waals surface area contributed by atoms with Gasteiger partial charge < -0.3 is 4.40 Å². The number of rotatable bonds is 2. The Morgan fingerprint density at radius 2 is 1.05 bits per heavy atom. The Kier molecular flexibility index (Phi) is 4.81. The highest BCUT2D eigenvalue weighted by atomic mass is 14.9. The van der Waals surface area contributed by atoms with E-state index in [1.165, 1.54) is 33.4 Å². The topological polar surface area (TPSA) is 52.0 Å². The Bertz CT molecular complexity index is 2480. The summed E-state index contributed by atoms with van der Waals surface area (Å²) >= 11 is 0. The van der Waals surface area contributed by atoms with Gasteiger partial charge in [-0.05, 0) is 87.0 Å². The summed E-state index contributed by atoms with van der Waals surface area (Å²) in [5.74, 6) is 0.